The van der Waals surface area contributed by atoms with Crippen molar-refractivity contribution < 1.29 is 0 Å². The molecule has 0 heterocycles. The molecule has 0 saturated heterocycles. The van der Waals surface area contributed by atoms with E-state index in [1.54, 1.807) is 0 Å². The molecule has 2 nitrogen and oxygen atoms in total. The van der Waals surface area contributed by atoms with Gasteiger partial charge in [0.05, 0.1) is 0 Å². The van der Waals surface area contributed by atoms with Gasteiger partial charge in [-0.1, -0.05) is 204 Å². The second kappa shape index (κ2) is 46.3. The van der Waals surface area contributed by atoms with Crippen LogP contribution in [-0.4, -0.2) is 49.6 Å². The van der Waals surface area contributed by atoms with E-state index in [0.29, 0.717) is 0 Å². The van der Waals surface area contributed by atoms with Crippen LogP contribution in [0.5, 0.6) is 0 Å². The zero-order valence-electron chi connectivity index (χ0n) is 38.0. The molecular weight excluding hydrogens is 653 g/mol. The summed E-state index contributed by atoms with van der Waals surface area (Å²) < 4.78 is 0. The van der Waals surface area contributed by atoms with Gasteiger partial charge >= 0.3 is 0 Å². The summed E-state index contributed by atoms with van der Waals surface area (Å²) in [5, 5.41) is 0. The van der Waals surface area contributed by atoms with Gasteiger partial charge in [0, 0.05) is 6.04 Å². The Bertz CT molecular complexity index is 807. The summed E-state index contributed by atoms with van der Waals surface area (Å²) in [5.74, 6) is 0. The van der Waals surface area contributed by atoms with E-state index < -0.39 is 0 Å². The summed E-state index contributed by atoms with van der Waals surface area (Å²) in [6.07, 6.45) is 66.9. The van der Waals surface area contributed by atoms with Gasteiger partial charge in [-0.05, 0) is 124 Å². The fraction of sp³-hybridized carbons (Fsp3) is 0.846. The van der Waals surface area contributed by atoms with Crippen LogP contribution in [0.1, 0.15) is 245 Å². The summed E-state index contributed by atoms with van der Waals surface area (Å²) in [4.78, 5) is 5.36. The molecule has 0 rings (SSSR count). The fourth-order valence-electron chi connectivity index (χ4n) is 7.76. The van der Waals surface area contributed by atoms with Gasteiger partial charge < -0.3 is 9.80 Å². The molecule has 0 radical (unpaired) electrons. The number of unbranched alkanes of at least 4 members (excludes halogenated alkanes) is 25. The topological polar surface area (TPSA) is 6.48 Å². The van der Waals surface area contributed by atoms with Crippen LogP contribution < -0.4 is 0 Å². The van der Waals surface area contributed by atoms with Crippen molar-refractivity contribution in [1.29, 1.82) is 0 Å². The zero-order valence-corrected chi connectivity index (χ0v) is 38.0. The van der Waals surface area contributed by atoms with Crippen molar-refractivity contribution in [3.05, 3.63) is 48.6 Å². The molecule has 0 amide bonds. The van der Waals surface area contributed by atoms with Crippen molar-refractivity contribution in [2.24, 2.45) is 0 Å². The molecule has 0 N–H and O–H groups in total. The molecule has 0 aliphatic carbocycles. The molecule has 0 aliphatic rings. The average Bonchev–Trinajstić information content (AvgIpc) is 3.17. The predicted octanol–water partition coefficient (Wildman–Crippen LogP) is 17.2. The minimum absolute atomic E-state index is 0.804. The molecule has 0 fully saturated rings. The molecule has 0 aromatic carbocycles. The monoisotopic (exact) mass is 753 g/mol. The standard InChI is InChI=1S/C52H100N2/c1-6-9-12-15-18-20-22-24-26-28-30-32-34-36-39-42-45-50-54(51-46-49-53(4)5)52(47-43-40-37-17-14-11-8-3)48-44-41-38-35-33-31-29-27-25-23-21-19-16-13-10-7-2/h18-21,24-27,52H,6-17,22-23,28-51H2,1-5H3/b20-18-,21-19-,26-24-,27-25-. The third kappa shape index (κ3) is 42.0. The molecule has 1 unspecified atom stereocenters. The highest BCUT2D eigenvalue weighted by atomic mass is 15.2. The minimum atomic E-state index is 0.804. The zero-order chi connectivity index (χ0) is 39.3. The lowest BCUT2D eigenvalue weighted by Crippen LogP contribution is -2.38. The quantitative estimate of drug-likeness (QED) is 0.0452. The van der Waals surface area contributed by atoms with E-state index in [1.807, 2.05) is 0 Å². The third-order valence-electron chi connectivity index (χ3n) is 11.3. The van der Waals surface area contributed by atoms with Crippen molar-refractivity contribution in [3.63, 3.8) is 0 Å². The SMILES string of the molecule is CCCCC/C=C\C/C=C\CCCCCCCCCN(CCCN(C)C)C(CCCCCCCCC)CCCCCCCC/C=C\C/C=C\CCCCC. The Morgan fingerprint density at radius 1 is 0.315 bits per heavy atom. The van der Waals surface area contributed by atoms with Gasteiger partial charge in [-0.25, -0.2) is 0 Å². The predicted molar refractivity (Wildman–Crippen MR) is 249 cm³/mol. The number of nitrogens with zero attached hydrogens (tertiary/aromatic N) is 2. The van der Waals surface area contributed by atoms with Crippen molar-refractivity contribution in [2.75, 3.05) is 33.7 Å². The van der Waals surface area contributed by atoms with E-state index in [1.165, 1.54) is 232 Å². The van der Waals surface area contributed by atoms with Crippen LogP contribution in [0, 0.1) is 0 Å². The van der Waals surface area contributed by atoms with Gasteiger partial charge in [-0.3, -0.25) is 0 Å². The molecular formula is C52H100N2. The smallest absolute Gasteiger partial charge is 0.00952 e. The van der Waals surface area contributed by atoms with Crippen LogP contribution in [-0.2, 0) is 0 Å². The summed E-state index contributed by atoms with van der Waals surface area (Å²) in [6, 6.07) is 0.804. The summed E-state index contributed by atoms with van der Waals surface area (Å²) in [6.45, 7) is 10.7. The van der Waals surface area contributed by atoms with Crippen LogP contribution in [0.25, 0.3) is 0 Å². The Morgan fingerprint density at radius 2 is 0.630 bits per heavy atom. The van der Waals surface area contributed by atoms with E-state index in [4.69, 9.17) is 0 Å². The third-order valence-corrected chi connectivity index (χ3v) is 11.3. The molecule has 318 valence electrons. The Hall–Kier alpha value is -1.12. The first-order valence-corrected chi connectivity index (χ1v) is 24.6. The van der Waals surface area contributed by atoms with E-state index in [0.717, 1.165) is 18.9 Å². The first-order chi connectivity index (χ1) is 26.7. The summed E-state index contributed by atoms with van der Waals surface area (Å²) in [7, 11) is 4.49. The second-order valence-electron chi connectivity index (χ2n) is 17.1. The van der Waals surface area contributed by atoms with Gasteiger partial charge in [0.2, 0.25) is 0 Å². The minimum Gasteiger partial charge on any atom is -0.309 e. The highest BCUT2D eigenvalue weighted by Gasteiger charge is 2.18. The largest absolute Gasteiger partial charge is 0.309 e. The highest BCUT2D eigenvalue weighted by Crippen LogP contribution is 2.21. The normalized spacial score (nSPS) is 13.1. The summed E-state index contributed by atoms with van der Waals surface area (Å²) >= 11 is 0. The Morgan fingerprint density at radius 3 is 1.04 bits per heavy atom. The van der Waals surface area contributed by atoms with Gasteiger partial charge in [0.25, 0.3) is 0 Å². The van der Waals surface area contributed by atoms with E-state index in [-0.39, 0.29) is 0 Å². The average molecular weight is 753 g/mol. The molecule has 1 atom stereocenters. The number of rotatable bonds is 44. The Balaban J connectivity index is 4.53. The Kier molecular flexibility index (Phi) is 45.3. The number of allylic oxidation sites excluding steroid dienone is 8. The maximum Gasteiger partial charge on any atom is 0.00952 e. The first kappa shape index (κ1) is 52.9. The molecule has 2 heteroatoms. The van der Waals surface area contributed by atoms with Gasteiger partial charge in [0.1, 0.15) is 0 Å². The van der Waals surface area contributed by atoms with Crippen molar-refractivity contribution in [1.82, 2.24) is 9.80 Å². The van der Waals surface area contributed by atoms with Gasteiger partial charge in [-0.2, -0.15) is 0 Å². The molecule has 54 heavy (non-hydrogen) atoms. The maximum atomic E-state index is 2.97. The van der Waals surface area contributed by atoms with Crippen molar-refractivity contribution >= 4 is 0 Å². The Labute approximate surface area is 342 Å². The maximum absolute atomic E-state index is 2.97. The van der Waals surface area contributed by atoms with Gasteiger partial charge in [-0.15, -0.1) is 0 Å². The number of hydrogen-bond acceptors (Lipinski definition) is 2. The van der Waals surface area contributed by atoms with E-state index in [9.17, 15) is 0 Å². The van der Waals surface area contributed by atoms with Crippen LogP contribution in [0.2, 0.25) is 0 Å². The summed E-state index contributed by atoms with van der Waals surface area (Å²) in [5.41, 5.74) is 0. The van der Waals surface area contributed by atoms with E-state index in [2.05, 4.69) is 93.3 Å². The molecule has 0 aliphatic heterocycles. The van der Waals surface area contributed by atoms with Crippen molar-refractivity contribution in [2.45, 2.75) is 252 Å². The van der Waals surface area contributed by atoms with Crippen LogP contribution >= 0.6 is 0 Å². The lowest BCUT2D eigenvalue weighted by molar-refractivity contribution is 0.159. The van der Waals surface area contributed by atoms with Gasteiger partial charge in [0.15, 0.2) is 0 Å². The molecule has 0 aromatic heterocycles. The molecule has 0 spiro atoms. The molecule has 0 bridgehead atoms. The first-order valence-electron chi connectivity index (χ1n) is 24.6. The second-order valence-corrected chi connectivity index (χ2v) is 17.1. The lowest BCUT2D eigenvalue weighted by atomic mass is 9.97. The molecule has 0 aromatic rings. The van der Waals surface area contributed by atoms with E-state index >= 15 is 0 Å². The van der Waals surface area contributed by atoms with Crippen LogP contribution in [0.15, 0.2) is 48.6 Å². The lowest BCUT2D eigenvalue weighted by Gasteiger charge is -2.33. The highest BCUT2D eigenvalue weighted by molar-refractivity contribution is 4.93. The molecule has 0 saturated carbocycles. The van der Waals surface area contributed by atoms with Crippen LogP contribution in [0.3, 0.4) is 0 Å². The number of hydrogen-bond donors (Lipinski definition) is 0. The van der Waals surface area contributed by atoms with Crippen molar-refractivity contribution in [3.8, 4) is 0 Å². The fourth-order valence-corrected chi connectivity index (χ4v) is 7.76. The van der Waals surface area contributed by atoms with Crippen LogP contribution in [0.4, 0.5) is 0 Å².